The number of amides is 1. The van der Waals surface area contributed by atoms with E-state index < -0.39 is 0 Å². The maximum absolute atomic E-state index is 12.4. The SMILES string of the molecule is Cc1cccc(CCCNC(=O)c2ccc(CN3CCc4ccccc4C3)cc2)c1. The van der Waals surface area contributed by atoms with Gasteiger partial charge in [-0.2, -0.15) is 0 Å². The number of nitrogens with one attached hydrogen (secondary N) is 1. The molecule has 0 atom stereocenters. The van der Waals surface area contributed by atoms with Crippen molar-refractivity contribution in [3.05, 3.63) is 106 Å². The molecule has 0 saturated heterocycles. The summed E-state index contributed by atoms with van der Waals surface area (Å²) >= 11 is 0. The van der Waals surface area contributed by atoms with Crippen molar-refractivity contribution in [3.8, 4) is 0 Å². The summed E-state index contributed by atoms with van der Waals surface area (Å²) < 4.78 is 0. The van der Waals surface area contributed by atoms with Gasteiger partial charge in [0.1, 0.15) is 0 Å². The summed E-state index contributed by atoms with van der Waals surface area (Å²) in [6.07, 6.45) is 3.04. The van der Waals surface area contributed by atoms with Crippen molar-refractivity contribution >= 4 is 5.91 Å². The van der Waals surface area contributed by atoms with Gasteiger partial charge in [-0.1, -0.05) is 66.2 Å². The second kappa shape index (κ2) is 9.73. The minimum atomic E-state index is 0.0118. The maximum Gasteiger partial charge on any atom is 0.251 e. The van der Waals surface area contributed by atoms with Gasteiger partial charge in [-0.15, -0.1) is 0 Å². The van der Waals surface area contributed by atoms with Crippen molar-refractivity contribution in [2.75, 3.05) is 13.1 Å². The molecule has 0 fully saturated rings. The van der Waals surface area contributed by atoms with Crippen LogP contribution < -0.4 is 5.32 Å². The van der Waals surface area contributed by atoms with Gasteiger partial charge in [0.2, 0.25) is 0 Å². The highest BCUT2D eigenvalue weighted by atomic mass is 16.1. The highest BCUT2D eigenvalue weighted by Gasteiger charge is 2.15. The second-order valence-electron chi connectivity index (χ2n) is 8.27. The fourth-order valence-electron chi connectivity index (χ4n) is 4.17. The van der Waals surface area contributed by atoms with E-state index >= 15 is 0 Å². The van der Waals surface area contributed by atoms with Crippen molar-refractivity contribution in [2.24, 2.45) is 0 Å². The van der Waals surface area contributed by atoms with Crippen molar-refractivity contribution < 1.29 is 4.79 Å². The molecule has 154 valence electrons. The molecule has 0 aliphatic carbocycles. The average Bonchev–Trinajstić information content (AvgIpc) is 2.77. The molecule has 0 radical (unpaired) electrons. The van der Waals surface area contributed by atoms with Crippen LogP contribution in [0.2, 0.25) is 0 Å². The van der Waals surface area contributed by atoms with Crippen molar-refractivity contribution in [3.63, 3.8) is 0 Å². The van der Waals surface area contributed by atoms with Gasteiger partial charge in [0.15, 0.2) is 0 Å². The highest BCUT2D eigenvalue weighted by Crippen LogP contribution is 2.20. The fourth-order valence-corrected chi connectivity index (χ4v) is 4.17. The Hall–Kier alpha value is -2.91. The third-order valence-electron chi connectivity index (χ3n) is 5.84. The van der Waals surface area contributed by atoms with Crippen LogP contribution >= 0.6 is 0 Å². The Bertz CT molecular complexity index is 994. The monoisotopic (exact) mass is 398 g/mol. The molecule has 3 heteroatoms. The molecule has 3 aromatic carbocycles. The lowest BCUT2D eigenvalue weighted by atomic mass is 9.99. The van der Waals surface area contributed by atoms with Crippen LogP contribution in [0.1, 0.15) is 44.6 Å². The van der Waals surface area contributed by atoms with Gasteiger partial charge in [0.25, 0.3) is 5.91 Å². The van der Waals surface area contributed by atoms with E-state index in [0.29, 0.717) is 6.54 Å². The molecule has 0 unspecified atom stereocenters. The highest BCUT2D eigenvalue weighted by molar-refractivity contribution is 5.94. The van der Waals surface area contributed by atoms with Crippen LogP contribution in [0.5, 0.6) is 0 Å². The summed E-state index contributed by atoms with van der Waals surface area (Å²) in [5.41, 5.74) is 7.51. The summed E-state index contributed by atoms with van der Waals surface area (Å²) in [4.78, 5) is 14.9. The Morgan fingerprint density at radius 3 is 2.53 bits per heavy atom. The van der Waals surface area contributed by atoms with E-state index in [9.17, 15) is 4.79 Å². The minimum Gasteiger partial charge on any atom is -0.352 e. The van der Waals surface area contributed by atoms with Crippen LogP contribution in [0.3, 0.4) is 0 Å². The Labute approximate surface area is 179 Å². The van der Waals surface area contributed by atoms with Crippen molar-refractivity contribution in [1.82, 2.24) is 10.2 Å². The second-order valence-corrected chi connectivity index (χ2v) is 8.27. The normalized spacial score (nSPS) is 13.6. The van der Waals surface area contributed by atoms with Gasteiger partial charge in [-0.05, 0) is 60.6 Å². The Balaban J connectivity index is 1.23. The predicted molar refractivity (Wildman–Crippen MR) is 123 cm³/mol. The molecule has 1 aliphatic rings. The molecule has 1 amide bonds. The van der Waals surface area contributed by atoms with Crippen LogP contribution in [0.4, 0.5) is 0 Å². The summed E-state index contributed by atoms with van der Waals surface area (Å²) in [5, 5.41) is 3.05. The molecule has 0 aromatic heterocycles. The van der Waals surface area contributed by atoms with Gasteiger partial charge >= 0.3 is 0 Å². The summed E-state index contributed by atoms with van der Waals surface area (Å²) in [7, 11) is 0. The smallest absolute Gasteiger partial charge is 0.251 e. The summed E-state index contributed by atoms with van der Waals surface area (Å²) in [6, 6.07) is 25.3. The Morgan fingerprint density at radius 1 is 0.933 bits per heavy atom. The van der Waals surface area contributed by atoms with E-state index in [-0.39, 0.29) is 5.91 Å². The molecular weight excluding hydrogens is 368 g/mol. The van der Waals surface area contributed by atoms with E-state index in [1.807, 2.05) is 12.1 Å². The molecule has 0 bridgehead atoms. The van der Waals surface area contributed by atoms with E-state index in [4.69, 9.17) is 0 Å². The summed E-state index contributed by atoms with van der Waals surface area (Å²) in [5.74, 6) is 0.0118. The number of benzene rings is 3. The molecule has 3 aromatic rings. The zero-order valence-electron chi connectivity index (χ0n) is 17.7. The first kappa shape index (κ1) is 20.4. The van der Waals surface area contributed by atoms with Crippen LogP contribution in [-0.4, -0.2) is 23.9 Å². The molecule has 3 nitrogen and oxygen atoms in total. The van der Waals surface area contributed by atoms with Crippen LogP contribution in [-0.2, 0) is 25.9 Å². The number of hydrogen-bond donors (Lipinski definition) is 1. The number of carbonyl (C=O) groups excluding carboxylic acids is 1. The third-order valence-corrected chi connectivity index (χ3v) is 5.84. The molecule has 30 heavy (non-hydrogen) atoms. The van der Waals surface area contributed by atoms with Gasteiger partial charge in [-0.3, -0.25) is 9.69 Å². The molecular formula is C27H30N2O. The predicted octanol–water partition coefficient (Wildman–Crippen LogP) is 4.92. The quantitative estimate of drug-likeness (QED) is 0.573. The van der Waals surface area contributed by atoms with Crippen LogP contribution in [0.15, 0.2) is 72.8 Å². The van der Waals surface area contributed by atoms with Crippen molar-refractivity contribution in [2.45, 2.75) is 39.3 Å². The molecule has 1 heterocycles. The third kappa shape index (κ3) is 5.37. The Kier molecular flexibility index (Phi) is 6.60. The van der Waals surface area contributed by atoms with Crippen LogP contribution in [0, 0.1) is 6.92 Å². The lowest BCUT2D eigenvalue weighted by molar-refractivity contribution is 0.0953. The average molecular weight is 399 g/mol. The van der Waals surface area contributed by atoms with Crippen molar-refractivity contribution in [1.29, 1.82) is 0 Å². The first-order valence-corrected chi connectivity index (χ1v) is 10.9. The minimum absolute atomic E-state index is 0.0118. The van der Waals surface area contributed by atoms with E-state index in [2.05, 4.69) is 77.8 Å². The number of nitrogens with zero attached hydrogens (tertiary/aromatic N) is 1. The molecule has 0 spiro atoms. The molecule has 1 N–H and O–H groups in total. The molecule has 1 aliphatic heterocycles. The van der Waals surface area contributed by atoms with Gasteiger partial charge in [0, 0.05) is 31.7 Å². The van der Waals surface area contributed by atoms with E-state index in [1.165, 1.54) is 27.8 Å². The standard InChI is InChI=1S/C27H30N2O/c1-21-6-4-7-22(18-21)8-5-16-28-27(30)25-13-11-23(12-14-25)19-29-17-15-24-9-2-3-10-26(24)20-29/h2-4,6-7,9-14,18H,5,8,15-17,19-20H2,1H3,(H,28,30). The fraction of sp³-hybridized carbons (Fsp3) is 0.296. The maximum atomic E-state index is 12.4. The van der Waals surface area contributed by atoms with Gasteiger partial charge < -0.3 is 5.32 Å². The first-order valence-electron chi connectivity index (χ1n) is 10.9. The van der Waals surface area contributed by atoms with E-state index in [0.717, 1.165) is 44.5 Å². The summed E-state index contributed by atoms with van der Waals surface area (Å²) in [6.45, 7) is 5.81. The number of rotatable bonds is 7. The lowest BCUT2D eigenvalue weighted by Gasteiger charge is -2.28. The number of hydrogen-bond acceptors (Lipinski definition) is 2. The van der Waals surface area contributed by atoms with Gasteiger partial charge in [0.05, 0.1) is 0 Å². The zero-order chi connectivity index (χ0) is 20.8. The Morgan fingerprint density at radius 2 is 1.73 bits per heavy atom. The molecule has 4 rings (SSSR count). The lowest BCUT2D eigenvalue weighted by Crippen LogP contribution is -2.30. The first-order chi connectivity index (χ1) is 14.7. The topological polar surface area (TPSA) is 32.3 Å². The van der Waals surface area contributed by atoms with Crippen LogP contribution in [0.25, 0.3) is 0 Å². The zero-order valence-corrected chi connectivity index (χ0v) is 17.7. The van der Waals surface area contributed by atoms with E-state index in [1.54, 1.807) is 0 Å². The van der Waals surface area contributed by atoms with Gasteiger partial charge in [-0.25, -0.2) is 0 Å². The number of carbonyl (C=O) groups is 1. The number of fused-ring (bicyclic) bond motifs is 1. The molecule has 0 saturated carbocycles. The number of aryl methyl sites for hydroxylation is 2. The largest absolute Gasteiger partial charge is 0.352 e.